The summed E-state index contributed by atoms with van der Waals surface area (Å²) in [6.07, 6.45) is 1.80. The fourth-order valence-electron chi connectivity index (χ4n) is 1.57. The fourth-order valence-corrected chi connectivity index (χ4v) is 1.57. The molecular weight excluding hydrogens is 338 g/mol. The molecule has 0 N–H and O–H groups in total. The van der Waals surface area contributed by atoms with E-state index in [9.17, 15) is 9.59 Å². The Balaban J connectivity index is 0. The number of hydrogen-bond donors (Lipinski definition) is 0. The van der Waals surface area contributed by atoms with Gasteiger partial charge in [0, 0.05) is 13.5 Å². The Hall–Kier alpha value is 0.1000. The number of carbonyl (C=O) groups excluding carboxylic acids is 2. The van der Waals surface area contributed by atoms with Gasteiger partial charge in [0.15, 0.2) is 5.78 Å². The van der Waals surface area contributed by atoms with E-state index < -0.39 is 0 Å². The molecule has 1 atom stereocenters. The Morgan fingerprint density at radius 3 is 1.94 bits per heavy atom. The SMILES string of the molecule is BrCBr.CC.CC(=O)C1CCCN1C(C)=O. The van der Waals surface area contributed by atoms with Gasteiger partial charge in [-0.05, 0) is 19.8 Å². The normalized spacial score (nSPS) is 17.9. The highest BCUT2D eigenvalue weighted by molar-refractivity contribution is 9.24. The van der Waals surface area contributed by atoms with Gasteiger partial charge in [-0.25, -0.2) is 0 Å². The molecule has 1 fully saturated rings. The number of likely N-dealkylation sites (tertiary alicyclic amines) is 1. The predicted octanol–water partition coefficient (Wildman–Crippen LogP) is 3.35. The van der Waals surface area contributed by atoms with E-state index in [2.05, 4.69) is 31.9 Å². The third-order valence-corrected chi connectivity index (χ3v) is 2.13. The predicted molar refractivity (Wildman–Crippen MR) is 75.2 cm³/mol. The summed E-state index contributed by atoms with van der Waals surface area (Å²) in [6, 6.07) is -0.132. The van der Waals surface area contributed by atoms with Crippen molar-refractivity contribution in [2.24, 2.45) is 0 Å². The first-order chi connectivity index (χ1) is 7.54. The molecule has 0 aromatic rings. The second-order valence-corrected chi connectivity index (χ2v) is 5.71. The van der Waals surface area contributed by atoms with Gasteiger partial charge in [-0.1, -0.05) is 45.7 Å². The molecule has 1 rings (SSSR count). The molecule has 0 bridgehead atoms. The van der Waals surface area contributed by atoms with Crippen molar-refractivity contribution in [1.29, 1.82) is 0 Å². The van der Waals surface area contributed by atoms with Gasteiger partial charge in [0.2, 0.25) is 5.91 Å². The van der Waals surface area contributed by atoms with Gasteiger partial charge < -0.3 is 4.90 Å². The zero-order chi connectivity index (χ0) is 13.1. The third-order valence-electron chi connectivity index (χ3n) is 2.13. The average molecular weight is 359 g/mol. The number of amides is 1. The van der Waals surface area contributed by atoms with Gasteiger partial charge in [-0.15, -0.1) is 0 Å². The van der Waals surface area contributed by atoms with Gasteiger partial charge in [0.25, 0.3) is 0 Å². The molecule has 1 heterocycles. The summed E-state index contributed by atoms with van der Waals surface area (Å²) in [5, 5.41) is 0. The molecular formula is C11H21Br2NO2. The number of carbonyl (C=O) groups is 2. The van der Waals surface area contributed by atoms with Crippen LogP contribution in [0.15, 0.2) is 0 Å². The van der Waals surface area contributed by atoms with Crippen LogP contribution in [0.5, 0.6) is 0 Å². The zero-order valence-electron chi connectivity index (χ0n) is 10.4. The van der Waals surface area contributed by atoms with E-state index in [1.807, 2.05) is 13.8 Å². The van der Waals surface area contributed by atoms with Gasteiger partial charge in [0.05, 0.1) is 10.3 Å². The second-order valence-electron chi connectivity index (χ2n) is 3.08. The summed E-state index contributed by atoms with van der Waals surface area (Å²) in [6.45, 7) is 7.81. The highest BCUT2D eigenvalue weighted by Gasteiger charge is 2.29. The smallest absolute Gasteiger partial charge is 0.220 e. The van der Waals surface area contributed by atoms with Crippen molar-refractivity contribution < 1.29 is 9.59 Å². The van der Waals surface area contributed by atoms with E-state index in [1.165, 1.54) is 6.92 Å². The molecule has 96 valence electrons. The van der Waals surface area contributed by atoms with E-state index in [0.29, 0.717) is 0 Å². The van der Waals surface area contributed by atoms with E-state index in [-0.39, 0.29) is 17.7 Å². The molecule has 0 aliphatic carbocycles. The number of ketones is 1. The van der Waals surface area contributed by atoms with Gasteiger partial charge in [-0.2, -0.15) is 0 Å². The Morgan fingerprint density at radius 1 is 1.25 bits per heavy atom. The van der Waals surface area contributed by atoms with E-state index in [0.717, 1.165) is 23.6 Å². The first-order valence-electron chi connectivity index (χ1n) is 5.44. The highest BCUT2D eigenvalue weighted by atomic mass is 79.9. The summed E-state index contributed by atoms with van der Waals surface area (Å²) in [5.41, 5.74) is 0. The van der Waals surface area contributed by atoms with E-state index in [4.69, 9.17) is 0 Å². The average Bonchev–Trinajstić information content (AvgIpc) is 2.70. The third kappa shape index (κ3) is 7.39. The molecule has 0 radical (unpaired) electrons. The van der Waals surface area contributed by atoms with Crippen molar-refractivity contribution in [3.05, 3.63) is 0 Å². The van der Waals surface area contributed by atoms with Crippen molar-refractivity contribution in [3.8, 4) is 0 Å². The maximum atomic E-state index is 11.0. The Labute approximate surface area is 115 Å². The molecule has 16 heavy (non-hydrogen) atoms. The van der Waals surface area contributed by atoms with Crippen LogP contribution in [0.3, 0.4) is 0 Å². The summed E-state index contributed by atoms with van der Waals surface area (Å²) in [7, 11) is 0. The molecule has 0 spiro atoms. The van der Waals surface area contributed by atoms with Gasteiger partial charge >= 0.3 is 0 Å². The monoisotopic (exact) mass is 357 g/mol. The zero-order valence-corrected chi connectivity index (χ0v) is 13.6. The number of hydrogen-bond acceptors (Lipinski definition) is 2. The largest absolute Gasteiger partial charge is 0.333 e. The molecule has 0 saturated carbocycles. The lowest BCUT2D eigenvalue weighted by molar-refractivity contribution is -0.135. The van der Waals surface area contributed by atoms with Crippen LogP contribution in [0.2, 0.25) is 0 Å². The number of nitrogens with zero attached hydrogens (tertiary/aromatic N) is 1. The number of halogens is 2. The lowest BCUT2D eigenvalue weighted by Gasteiger charge is -2.20. The van der Waals surface area contributed by atoms with Crippen LogP contribution in [0.4, 0.5) is 0 Å². The number of alkyl halides is 2. The van der Waals surface area contributed by atoms with E-state index >= 15 is 0 Å². The van der Waals surface area contributed by atoms with Crippen molar-refractivity contribution in [3.63, 3.8) is 0 Å². The summed E-state index contributed by atoms with van der Waals surface area (Å²) in [4.78, 5) is 23.6. The minimum atomic E-state index is -0.132. The number of rotatable bonds is 1. The minimum Gasteiger partial charge on any atom is -0.333 e. The molecule has 1 aliphatic rings. The van der Waals surface area contributed by atoms with Crippen molar-refractivity contribution in [2.75, 3.05) is 10.8 Å². The Kier molecular flexibility index (Phi) is 13.4. The molecule has 1 saturated heterocycles. The second kappa shape index (κ2) is 11.6. The fraction of sp³-hybridized carbons (Fsp3) is 0.818. The van der Waals surface area contributed by atoms with Gasteiger partial charge in [-0.3, -0.25) is 9.59 Å². The lowest BCUT2D eigenvalue weighted by atomic mass is 10.1. The quantitative estimate of drug-likeness (QED) is 0.674. The molecule has 3 nitrogen and oxygen atoms in total. The van der Waals surface area contributed by atoms with Crippen LogP contribution in [0.1, 0.15) is 40.5 Å². The van der Waals surface area contributed by atoms with Crippen LogP contribution in [-0.4, -0.2) is 33.4 Å². The topological polar surface area (TPSA) is 37.4 Å². The van der Waals surface area contributed by atoms with Gasteiger partial charge in [0.1, 0.15) is 0 Å². The first kappa shape index (κ1) is 18.5. The van der Waals surface area contributed by atoms with Crippen molar-refractivity contribution in [2.45, 2.75) is 46.6 Å². The van der Waals surface area contributed by atoms with Crippen molar-refractivity contribution in [1.82, 2.24) is 4.90 Å². The Bertz CT molecular complexity index is 190. The van der Waals surface area contributed by atoms with Crippen LogP contribution in [-0.2, 0) is 9.59 Å². The maximum Gasteiger partial charge on any atom is 0.220 e. The summed E-state index contributed by atoms with van der Waals surface area (Å²) in [5.74, 6) is 0.125. The molecule has 1 amide bonds. The Morgan fingerprint density at radius 2 is 1.69 bits per heavy atom. The van der Waals surface area contributed by atoms with Crippen molar-refractivity contribution >= 4 is 43.6 Å². The van der Waals surface area contributed by atoms with Crippen LogP contribution >= 0.6 is 31.9 Å². The summed E-state index contributed by atoms with van der Waals surface area (Å²) < 4.78 is 0.875. The van der Waals surface area contributed by atoms with Crippen LogP contribution < -0.4 is 0 Å². The van der Waals surface area contributed by atoms with Crippen LogP contribution in [0.25, 0.3) is 0 Å². The number of Topliss-reactive ketones (excluding diaryl/α,β-unsaturated/α-hetero) is 1. The molecule has 5 heteroatoms. The molecule has 1 unspecified atom stereocenters. The van der Waals surface area contributed by atoms with E-state index in [1.54, 1.807) is 11.8 Å². The first-order valence-corrected chi connectivity index (χ1v) is 7.68. The molecule has 0 aromatic heterocycles. The highest BCUT2D eigenvalue weighted by Crippen LogP contribution is 2.17. The standard InChI is InChI=1S/C8H13NO2.C2H6.CH2Br2/c1-6(10)8-4-3-5-9(8)7(2)11;1-2;2-1-3/h8H,3-5H2,1-2H3;1-2H3;1H2. The molecule has 0 aromatic carbocycles. The lowest BCUT2D eigenvalue weighted by Crippen LogP contribution is -2.37. The maximum absolute atomic E-state index is 11.0. The minimum absolute atomic E-state index is 0.0164. The summed E-state index contributed by atoms with van der Waals surface area (Å²) >= 11 is 6.12. The molecule has 1 aliphatic heterocycles. The van der Waals surface area contributed by atoms with Crippen LogP contribution in [0, 0.1) is 0 Å².